The molecule has 0 aliphatic heterocycles. The Morgan fingerprint density at radius 3 is 2.17 bits per heavy atom. The van der Waals surface area contributed by atoms with Gasteiger partial charge >= 0.3 is 17.9 Å². The van der Waals surface area contributed by atoms with E-state index in [1.54, 1.807) is 22.9 Å². The summed E-state index contributed by atoms with van der Waals surface area (Å²) in [5.41, 5.74) is 0.375. The molecule has 2 aromatic rings. The maximum atomic E-state index is 13.8. The Balaban J connectivity index is 0.000000272. The smallest absolute Gasteiger partial charge is 0.430 e. The van der Waals surface area contributed by atoms with Crippen LogP contribution in [0.25, 0.3) is 5.52 Å². The Bertz CT molecular complexity index is 950. The summed E-state index contributed by atoms with van der Waals surface area (Å²) in [6, 6.07) is 3.03. The van der Waals surface area contributed by atoms with E-state index in [2.05, 4.69) is 10.3 Å². The Morgan fingerprint density at radius 1 is 1.13 bits per heavy atom. The molecule has 4 bridgehead atoms. The number of aliphatic carboxylic acids is 1. The number of aromatic amines is 1. The lowest BCUT2D eigenvalue weighted by atomic mass is 9.53. The van der Waals surface area contributed by atoms with Crippen molar-refractivity contribution in [2.75, 3.05) is 0 Å². The summed E-state index contributed by atoms with van der Waals surface area (Å²) >= 11 is 0. The second kappa shape index (κ2) is 7.24. The highest BCUT2D eigenvalue weighted by Gasteiger charge is 2.52. The van der Waals surface area contributed by atoms with Gasteiger partial charge in [-0.25, -0.2) is 9.37 Å². The van der Waals surface area contributed by atoms with Gasteiger partial charge < -0.3 is 15.2 Å². The third-order valence-corrected chi connectivity index (χ3v) is 6.43. The first-order chi connectivity index (χ1) is 14.1. The zero-order valence-electron chi connectivity index (χ0n) is 16.0. The number of amides is 1. The van der Waals surface area contributed by atoms with Gasteiger partial charge in [-0.2, -0.15) is 17.6 Å². The van der Waals surface area contributed by atoms with E-state index >= 15 is 0 Å². The van der Waals surface area contributed by atoms with E-state index in [9.17, 15) is 22.4 Å². The van der Waals surface area contributed by atoms with Crippen LogP contribution in [0, 0.1) is 23.6 Å². The molecule has 6 nitrogen and oxygen atoms in total. The van der Waals surface area contributed by atoms with Crippen molar-refractivity contribution >= 4 is 17.4 Å². The van der Waals surface area contributed by atoms with Gasteiger partial charge in [0.25, 0.3) is 0 Å². The van der Waals surface area contributed by atoms with Crippen LogP contribution in [-0.4, -0.2) is 28.6 Å². The van der Waals surface area contributed by atoms with Crippen molar-refractivity contribution in [3.8, 4) is 0 Å². The Labute approximate surface area is 169 Å². The lowest BCUT2D eigenvalue weighted by molar-refractivity contribution is -0.515. The summed E-state index contributed by atoms with van der Waals surface area (Å²) in [5.74, 6) is -0.677. The molecule has 10 heteroatoms. The highest BCUT2D eigenvalue weighted by Crippen LogP contribution is 2.55. The van der Waals surface area contributed by atoms with Crippen molar-refractivity contribution in [3.05, 3.63) is 36.2 Å². The van der Waals surface area contributed by atoms with Crippen LogP contribution in [-0.2, 0) is 4.79 Å². The molecule has 4 aliphatic rings. The van der Waals surface area contributed by atoms with Crippen LogP contribution in [0.5, 0.6) is 0 Å². The standard InChI is InChI=1S/C18H20FN3O.C2HF3O2/c19-14-2-1-3-22-15(14)10-20-16(22)17(23)21-18-7-11-4-12(8-18)6-13(5-11)9-18;3-2(4,5)1(6)7/h1-3,10-13H,4-9H2,(H,21,23);(H,6,7). The van der Waals surface area contributed by atoms with E-state index in [4.69, 9.17) is 9.90 Å². The van der Waals surface area contributed by atoms with Crippen LogP contribution in [0.2, 0.25) is 0 Å². The fourth-order valence-electron chi connectivity index (χ4n) is 5.77. The van der Waals surface area contributed by atoms with E-state index < -0.39 is 12.1 Å². The molecule has 0 radical (unpaired) electrons. The average molecular weight is 427 g/mol. The summed E-state index contributed by atoms with van der Waals surface area (Å²) in [6.45, 7) is 0. The number of halogens is 4. The van der Waals surface area contributed by atoms with Crippen LogP contribution < -0.4 is 14.8 Å². The van der Waals surface area contributed by atoms with Gasteiger partial charge in [-0.1, -0.05) is 0 Å². The number of imidazole rings is 1. The minimum atomic E-state index is -5.19. The number of carbonyl (C=O) groups is 2. The summed E-state index contributed by atoms with van der Waals surface area (Å²) in [7, 11) is 0. The number of fused-ring (bicyclic) bond motifs is 1. The fraction of sp³-hybridized carbons (Fsp3) is 0.550. The van der Waals surface area contributed by atoms with E-state index in [0.717, 1.165) is 37.0 Å². The van der Waals surface area contributed by atoms with Crippen molar-refractivity contribution in [1.82, 2.24) is 10.3 Å². The number of pyridine rings is 1. The number of aromatic nitrogens is 2. The summed E-state index contributed by atoms with van der Waals surface area (Å²) in [4.78, 5) is 24.6. The minimum Gasteiger partial charge on any atom is -0.542 e. The van der Waals surface area contributed by atoms with E-state index in [0.29, 0.717) is 11.3 Å². The predicted molar refractivity (Wildman–Crippen MR) is 93.3 cm³/mol. The summed E-state index contributed by atoms with van der Waals surface area (Å²) in [5, 5.41) is 12.1. The van der Waals surface area contributed by atoms with Gasteiger partial charge in [0, 0.05) is 5.54 Å². The van der Waals surface area contributed by atoms with Crippen molar-refractivity contribution in [3.63, 3.8) is 0 Å². The molecule has 4 saturated carbocycles. The second-order valence-electron chi connectivity index (χ2n) is 8.69. The minimum absolute atomic E-state index is 0.0306. The molecular weight excluding hydrogens is 406 g/mol. The molecule has 4 fully saturated rings. The molecule has 6 rings (SSSR count). The van der Waals surface area contributed by atoms with Gasteiger partial charge in [0.2, 0.25) is 5.52 Å². The van der Waals surface area contributed by atoms with Gasteiger partial charge in [-0.05, 0) is 68.4 Å². The largest absolute Gasteiger partial charge is 0.542 e. The van der Waals surface area contributed by atoms with Gasteiger partial charge in [0.1, 0.15) is 12.2 Å². The predicted octanol–water partition coefficient (Wildman–Crippen LogP) is 1.89. The average Bonchev–Trinajstić information content (AvgIpc) is 3.05. The van der Waals surface area contributed by atoms with Crippen molar-refractivity contribution < 1.29 is 36.7 Å². The number of alkyl halides is 3. The number of carboxylic acid groups (broad SMARTS) is 1. The molecule has 0 spiro atoms. The highest BCUT2D eigenvalue weighted by molar-refractivity contribution is 5.90. The van der Waals surface area contributed by atoms with Crippen LogP contribution >= 0.6 is 0 Å². The maximum absolute atomic E-state index is 13.8. The molecule has 0 aromatic carbocycles. The van der Waals surface area contributed by atoms with Crippen LogP contribution in [0.15, 0.2) is 24.5 Å². The zero-order chi connectivity index (χ0) is 21.7. The molecule has 4 aliphatic carbocycles. The summed E-state index contributed by atoms with van der Waals surface area (Å²) in [6.07, 6.45) is 5.47. The molecular formula is C20H21F4N3O3. The summed E-state index contributed by atoms with van der Waals surface area (Å²) < 4.78 is 47.0. The first kappa shape index (κ1) is 20.6. The molecule has 1 amide bonds. The number of nitrogens with zero attached hydrogens (tertiary/aromatic N) is 1. The van der Waals surface area contributed by atoms with Gasteiger partial charge in [0.15, 0.2) is 5.82 Å². The highest BCUT2D eigenvalue weighted by atomic mass is 19.4. The van der Waals surface area contributed by atoms with Gasteiger partial charge in [-0.15, -0.1) is 0 Å². The molecule has 0 unspecified atom stereocenters. The van der Waals surface area contributed by atoms with E-state index in [1.807, 2.05) is 0 Å². The molecule has 0 atom stereocenters. The molecule has 30 heavy (non-hydrogen) atoms. The first-order valence-electron chi connectivity index (χ1n) is 9.84. The number of hydrogen-bond donors (Lipinski definition) is 2. The Hall–Kier alpha value is -2.65. The lowest BCUT2D eigenvalue weighted by Crippen LogP contribution is -2.60. The molecule has 0 saturated heterocycles. The third kappa shape index (κ3) is 3.87. The zero-order valence-corrected chi connectivity index (χ0v) is 16.0. The van der Waals surface area contributed by atoms with E-state index in [1.165, 1.54) is 25.3 Å². The molecule has 2 aromatic heterocycles. The number of carboxylic acids is 1. The number of hydrogen-bond acceptors (Lipinski definition) is 3. The quantitative estimate of drug-likeness (QED) is 0.567. The molecule has 2 heterocycles. The van der Waals surface area contributed by atoms with Crippen molar-refractivity contribution in [1.29, 1.82) is 0 Å². The maximum Gasteiger partial charge on any atom is 0.430 e. The van der Waals surface area contributed by atoms with Crippen LogP contribution in [0.4, 0.5) is 17.6 Å². The normalized spacial score (nSPS) is 29.4. The van der Waals surface area contributed by atoms with E-state index in [-0.39, 0.29) is 17.3 Å². The SMILES string of the molecule is O=C(NC12CC3CC(CC(C3)C1)C2)c1[nH]cc2c(F)ccc[n+]12.O=C([O-])C(F)(F)F. The van der Waals surface area contributed by atoms with Crippen molar-refractivity contribution in [2.24, 2.45) is 17.8 Å². The third-order valence-electron chi connectivity index (χ3n) is 6.43. The topological polar surface area (TPSA) is 89.1 Å². The van der Waals surface area contributed by atoms with Gasteiger partial charge in [0.05, 0.1) is 6.20 Å². The van der Waals surface area contributed by atoms with Crippen LogP contribution in [0.1, 0.15) is 49.1 Å². The second-order valence-corrected chi connectivity index (χ2v) is 8.69. The molecule has 2 N–H and O–H groups in total. The number of nitrogens with one attached hydrogen (secondary N) is 2. The number of carbonyl (C=O) groups excluding carboxylic acids is 2. The number of rotatable bonds is 2. The van der Waals surface area contributed by atoms with Gasteiger partial charge in [-0.3, -0.25) is 4.79 Å². The Morgan fingerprint density at radius 2 is 1.67 bits per heavy atom. The fourth-order valence-corrected chi connectivity index (χ4v) is 5.77. The monoisotopic (exact) mass is 427 g/mol. The first-order valence-corrected chi connectivity index (χ1v) is 9.84. The Kier molecular flexibility index (Phi) is 4.98. The lowest BCUT2D eigenvalue weighted by Gasteiger charge is -2.56. The van der Waals surface area contributed by atoms with Crippen molar-refractivity contribution in [2.45, 2.75) is 50.2 Å². The number of H-pyrrole nitrogens is 1. The molecule has 162 valence electrons. The van der Waals surface area contributed by atoms with Crippen LogP contribution in [0.3, 0.4) is 0 Å².